The van der Waals surface area contributed by atoms with Crippen LogP contribution < -0.4 is 0 Å². The van der Waals surface area contributed by atoms with Crippen molar-refractivity contribution >= 4 is 13.5 Å². The van der Waals surface area contributed by atoms with E-state index >= 15 is 0 Å². The topological polar surface area (TPSA) is 131 Å². The predicted octanol–water partition coefficient (Wildman–Crippen LogP) is 1.46. The fourth-order valence-electron chi connectivity index (χ4n) is 2.22. The second-order valence-corrected chi connectivity index (χ2v) is 6.16. The van der Waals surface area contributed by atoms with Gasteiger partial charge in [-0.3, -0.25) is 0 Å². The summed E-state index contributed by atoms with van der Waals surface area (Å²) >= 11 is 0. The number of phenolic OH excluding ortho intramolecular Hbond substituents is 1. The fourth-order valence-corrected chi connectivity index (χ4v) is 2.72. The lowest BCUT2D eigenvalue weighted by atomic mass is 9.88. The van der Waals surface area contributed by atoms with Crippen molar-refractivity contribution in [2.24, 2.45) is 10.7 Å². The van der Waals surface area contributed by atoms with Gasteiger partial charge >= 0.3 is 7.75 Å². The summed E-state index contributed by atoms with van der Waals surface area (Å²) in [6.07, 6.45) is 2.83. The highest BCUT2D eigenvalue weighted by molar-refractivity contribution is 7.50. The molecule has 8 heteroatoms. The number of hydrogen-bond acceptors (Lipinski definition) is 4. The van der Waals surface area contributed by atoms with E-state index in [-0.39, 0.29) is 23.6 Å². The lowest BCUT2D eigenvalue weighted by molar-refractivity contribution is 0.154. The lowest BCUT2D eigenvalue weighted by Crippen LogP contribution is -2.29. The van der Waals surface area contributed by atoms with Crippen molar-refractivity contribution in [1.82, 2.24) is 0 Å². The van der Waals surface area contributed by atoms with Crippen molar-refractivity contribution < 1.29 is 29.7 Å². The number of nitrogens with zero attached hydrogens (tertiary/aromatic N) is 1. The summed E-state index contributed by atoms with van der Waals surface area (Å²) in [6, 6.07) is 6.29. The quantitative estimate of drug-likeness (QED) is 0.533. The molecule has 118 valence electrons. The third-order valence-corrected chi connectivity index (χ3v) is 3.62. The van der Waals surface area contributed by atoms with Crippen molar-refractivity contribution in [3.05, 3.63) is 53.8 Å². The first-order valence-corrected chi connectivity index (χ1v) is 8.01. The summed E-state index contributed by atoms with van der Waals surface area (Å²) in [5, 5.41) is 29.2. The monoisotopic (exact) mass is 325 g/mol. The molecule has 0 saturated heterocycles. The van der Waals surface area contributed by atoms with E-state index in [1.54, 1.807) is 12.1 Å². The van der Waals surface area contributed by atoms with Crippen molar-refractivity contribution in [2.45, 2.75) is 12.5 Å². The maximum atomic E-state index is 11.0. The predicted molar refractivity (Wildman–Crippen MR) is 80.6 cm³/mol. The summed E-state index contributed by atoms with van der Waals surface area (Å²) in [6.45, 7) is 0. The number of benzene rings is 1. The number of aromatic hydroxyl groups is 1. The SMILES string of the molecule is O=P(O)(O)/N=C1\C=CC(O)=CC1C(O)Cc1cccc(O)c1. The number of rotatable bonds is 4. The molecule has 2 rings (SSSR count). The van der Waals surface area contributed by atoms with Crippen LogP contribution in [0.4, 0.5) is 0 Å². The van der Waals surface area contributed by atoms with Gasteiger partial charge in [-0.2, -0.15) is 4.76 Å². The molecule has 0 fully saturated rings. The van der Waals surface area contributed by atoms with E-state index in [0.29, 0.717) is 5.56 Å². The maximum Gasteiger partial charge on any atom is 0.448 e. The molecule has 0 aromatic heterocycles. The van der Waals surface area contributed by atoms with Gasteiger partial charge in [0.1, 0.15) is 11.5 Å². The Labute approximate surface area is 126 Å². The molecule has 1 aromatic rings. The second kappa shape index (κ2) is 6.46. The summed E-state index contributed by atoms with van der Waals surface area (Å²) in [7, 11) is -4.65. The number of hydrogen-bond donors (Lipinski definition) is 5. The molecule has 1 aliphatic carbocycles. The van der Waals surface area contributed by atoms with Gasteiger partial charge in [-0.25, -0.2) is 4.57 Å². The fraction of sp³-hybridized carbons (Fsp3) is 0.214. The second-order valence-electron chi connectivity index (χ2n) is 4.93. The summed E-state index contributed by atoms with van der Waals surface area (Å²) in [5.41, 5.74) is 0.629. The molecule has 1 aliphatic rings. The van der Waals surface area contributed by atoms with Gasteiger partial charge in [0.05, 0.1) is 11.8 Å². The minimum atomic E-state index is -4.65. The molecule has 0 saturated carbocycles. The van der Waals surface area contributed by atoms with Crippen LogP contribution in [0.5, 0.6) is 5.75 Å². The van der Waals surface area contributed by atoms with Crippen LogP contribution in [0.2, 0.25) is 0 Å². The van der Waals surface area contributed by atoms with Crippen LogP contribution in [0, 0.1) is 5.92 Å². The zero-order valence-electron chi connectivity index (χ0n) is 11.4. The molecule has 7 nitrogen and oxygen atoms in total. The Morgan fingerprint density at radius 1 is 1.23 bits per heavy atom. The van der Waals surface area contributed by atoms with Gasteiger partial charge < -0.3 is 25.1 Å². The Balaban J connectivity index is 2.25. The third-order valence-electron chi connectivity index (χ3n) is 3.13. The molecule has 22 heavy (non-hydrogen) atoms. The average molecular weight is 325 g/mol. The average Bonchev–Trinajstić information content (AvgIpc) is 2.39. The zero-order chi connectivity index (χ0) is 16.3. The largest absolute Gasteiger partial charge is 0.508 e. The third kappa shape index (κ3) is 4.54. The van der Waals surface area contributed by atoms with Crippen LogP contribution in [0.3, 0.4) is 0 Å². The summed E-state index contributed by atoms with van der Waals surface area (Å²) in [5.74, 6) is -0.930. The van der Waals surface area contributed by atoms with Gasteiger partial charge in [-0.15, -0.1) is 0 Å². The minimum Gasteiger partial charge on any atom is -0.508 e. The molecular weight excluding hydrogens is 309 g/mol. The van der Waals surface area contributed by atoms with E-state index in [1.165, 1.54) is 30.4 Å². The molecule has 0 aliphatic heterocycles. The first kappa shape index (κ1) is 16.5. The van der Waals surface area contributed by atoms with Gasteiger partial charge in [0, 0.05) is 5.92 Å². The summed E-state index contributed by atoms with van der Waals surface area (Å²) in [4.78, 5) is 17.9. The molecule has 0 radical (unpaired) electrons. The number of allylic oxidation sites excluding steroid dienone is 2. The van der Waals surface area contributed by atoms with Crippen molar-refractivity contribution in [3.8, 4) is 5.75 Å². The number of aliphatic hydroxyl groups is 2. The molecule has 0 amide bonds. The standard InChI is InChI=1S/C14H16NO6P/c16-10-3-1-2-9(6-10)7-14(18)12-8-11(17)4-5-13(12)15-22(19,20)21/h1-6,8,12,14,16-18H,7H2,(H2,19,20,21)/b15-13+. The Morgan fingerprint density at radius 2 is 1.95 bits per heavy atom. The first-order chi connectivity index (χ1) is 10.2. The normalized spacial score (nSPS) is 21.7. The highest BCUT2D eigenvalue weighted by Gasteiger charge is 2.27. The maximum absolute atomic E-state index is 11.0. The molecule has 1 aromatic carbocycles. The van der Waals surface area contributed by atoms with E-state index in [1.807, 2.05) is 0 Å². The molecule has 2 atom stereocenters. The van der Waals surface area contributed by atoms with E-state index in [0.717, 1.165) is 0 Å². The highest BCUT2D eigenvalue weighted by Crippen LogP contribution is 2.38. The van der Waals surface area contributed by atoms with E-state index < -0.39 is 19.8 Å². The molecular formula is C14H16NO6P. The Kier molecular flexibility index (Phi) is 4.83. The Hall–Kier alpha value is -1.92. The molecule has 0 spiro atoms. The van der Waals surface area contributed by atoms with E-state index in [2.05, 4.69) is 4.76 Å². The van der Waals surface area contributed by atoms with Gasteiger partial charge in [0.2, 0.25) is 0 Å². The number of aliphatic hydroxyl groups excluding tert-OH is 2. The van der Waals surface area contributed by atoms with Gasteiger partial charge in [0.15, 0.2) is 0 Å². The number of phenols is 1. The van der Waals surface area contributed by atoms with Crippen molar-refractivity contribution in [1.29, 1.82) is 0 Å². The first-order valence-electron chi connectivity index (χ1n) is 6.45. The van der Waals surface area contributed by atoms with Crippen molar-refractivity contribution in [3.63, 3.8) is 0 Å². The van der Waals surface area contributed by atoms with Crippen molar-refractivity contribution in [2.75, 3.05) is 0 Å². The van der Waals surface area contributed by atoms with E-state index in [9.17, 15) is 19.9 Å². The van der Waals surface area contributed by atoms with Gasteiger partial charge in [-0.1, -0.05) is 12.1 Å². The minimum absolute atomic E-state index is 0.0150. The van der Waals surface area contributed by atoms with Crippen LogP contribution in [-0.2, 0) is 11.0 Å². The van der Waals surface area contributed by atoms with Crippen LogP contribution in [0.25, 0.3) is 0 Å². The Morgan fingerprint density at radius 3 is 2.59 bits per heavy atom. The summed E-state index contributed by atoms with van der Waals surface area (Å²) < 4.78 is 14.3. The zero-order valence-corrected chi connectivity index (χ0v) is 12.3. The molecule has 2 unspecified atom stereocenters. The van der Waals surface area contributed by atoms with E-state index in [4.69, 9.17) is 9.79 Å². The lowest BCUT2D eigenvalue weighted by Gasteiger charge is -2.23. The molecule has 5 N–H and O–H groups in total. The van der Waals surface area contributed by atoms with Gasteiger partial charge in [-0.05, 0) is 42.3 Å². The Bertz CT molecular complexity index is 690. The molecule has 0 heterocycles. The van der Waals surface area contributed by atoms with Crippen LogP contribution in [-0.4, -0.2) is 36.9 Å². The van der Waals surface area contributed by atoms with Crippen LogP contribution >= 0.6 is 7.75 Å². The van der Waals surface area contributed by atoms with Crippen LogP contribution in [0.15, 0.2) is 53.0 Å². The highest BCUT2D eigenvalue weighted by atomic mass is 31.2. The smallest absolute Gasteiger partial charge is 0.448 e. The van der Waals surface area contributed by atoms with Gasteiger partial charge in [0.25, 0.3) is 0 Å². The molecule has 0 bridgehead atoms. The van der Waals surface area contributed by atoms with Crippen LogP contribution in [0.1, 0.15) is 5.56 Å².